The van der Waals surface area contributed by atoms with Gasteiger partial charge in [-0.15, -0.1) is 0 Å². The summed E-state index contributed by atoms with van der Waals surface area (Å²) < 4.78 is 5.22. The minimum absolute atomic E-state index is 0.0584. The number of hydrogen-bond acceptors (Lipinski definition) is 6. The second kappa shape index (κ2) is 10.3. The lowest BCUT2D eigenvalue weighted by Crippen LogP contribution is -2.30. The van der Waals surface area contributed by atoms with Gasteiger partial charge in [0.05, 0.1) is 23.4 Å². The highest BCUT2D eigenvalue weighted by atomic mass is 16.5. The van der Waals surface area contributed by atoms with Crippen LogP contribution in [-0.2, 0) is 20.7 Å². The molecule has 0 radical (unpaired) electrons. The number of rotatable bonds is 7. The monoisotopic (exact) mass is 470 g/mol. The van der Waals surface area contributed by atoms with Crippen molar-refractivity contribution >= 4 is 29.1 Å². The third-order valence-corrected chi connectivity index (χ3v) is 5.85. The summed E-state index contributed by atoms with van der Waals surface area (Å²) in [4.78, 5) is 44.6. The van der Waals surface area contributed by atoms with Gasteiger partial charge in [0.2, 0.25) is 0 Å². The second-order valence-electron chi connectivity index (χ2n) is 8.16. The number of anilines is 1. The molecule has 1 fully saturated rings. The molecule has 2 heterocycles. The normalized spacial score (nSPS) is 17.0. The number of carbonyl (C=O) groups is 3. The molecule has 7 heteroatoms. The van der Waals surface area contributed by atoms with Crippen LogP contribution < -0.4 is 4.90 Å². The number of aliphatic hydroxyl groups is 1. The minimum atomic E-state index is -0.969. The standard InChI is InChI=1S/C28H26N2O5/c1-3-16-35-28(34)20-8-7-9-21(17-20)30-24(22-10-5-6-15-29-22)23(26(32)27(30)33)25(31)19-13-11-18(4-2)12-14-19/h5-15,17,24,31H,3-4,16H2,1-2H3/b25-23+. The number of ether oxygens (including phenoxy) is 1. The van der Waals surface area contributed by atoms with Gasteiger partial charge in [0, 0.05) is 17.4 Å². The number of carbonyl (C=O) groups excluding carboxylic acids is 3. The van der Waals surface area contributed by atoms with Crippen LogP contribution in [0.3, 0.4) is 0 Å². The van der Waals surface area contributed by atoms with Crippen molar-refractivity contribution < 1.29 is 24.2 Å². The molecule has 1 atom stereocenters. The molecule has 1 N–H and O–H groups in total. The maximum atomic E-state index is 13.3. The number of aliphatic hydroxyl groups excluding tert-OH is 1. The lowest BCUT2D eigenvalue weighted by Gasteiger charge is -2.25. The van der Waals surface area contributed by atoms with Gasteiger partial charge in [-0.3, -0.25) is 19.5 Å². The molecular weight excluding hydrogens is 444 g/mol. The van der Waals surface area contributed by atoms with Gasteiger partial charge in [-0.2, -0.15) is 0 Å². The van der Waals surface area contributed by atoms with Gasteiger partial charge in [-0.05, 0) is 48.7 Å². The zero-order valence-corrected chi connectivity index (χ0v) is 19.6. The fourth-order valence-corrected chi connectivity index (χ4v) is 4.03. The first-order chi connectivity index (χ1) is 17.0. The van der Waals surface area contributed by atoms with Gasteiger partial charge in [-0.1, -0.05) is 50.2 Å². The summed E-state index contributed by atoms with van der Waals surface area (Å²) in [5, 5.41) is 11.2. The van der Waals surface area contributed by atoms with Crippen LogP contribution in [0.4, 0.5) is 5.69 Å². The first-order valence-corrected chi connectivity index (χ1v) is 11.5. The minimum Gasteiger partial charge on any atom is -0.507 e. The molecule has 3 aromatic rings. The fourth-order valence-electron chi connectivity index (χ4n) is 4.03. The predicted octanol–water partition coefficient (Wildman–Crippen LogP) is 4.84. The number of hydrogen-bond donors (Lipinski definition) is 1. The number of aromatic nitrogens is 1. The van der Waals surface area contributed by atoms with Gasteiger partial charge >= 0.3 is 5.97 Å². The van der Waals surface area contributed by atoms with Gasteiger partial charge in [-0.25, -0.2) is 4.79 Å². The van der Waals surface area contributed by atoms with E-state index in [0.717, 1.165) is 12.0 Å². The van der Waals surface area contributed by atoms with E-state index >= 15 is 0 Å². The molecule has 1 saturated heterocycles. The van der Waals surface area contributed by atoms with Crippen LogP contribution in [0, 0.1) is 0 Å². The van der Waals surface area contributed by atoms with Crippen molar-refractivity contribution in [2.24, 2.45) is 0 Å². The van der Waals surface area contributed by atoms with E-state index in [2.05, 4.69) is 4.98 Å². The lowest BCUT2D eigenvalue weighted by molar-refractivity contribution is -0.132. The van der Waals surface area contributed by atoms with Gasteiger partial charge in [0.1, 0.15) is 11.8 Å². The molecule has 1 aromatic heterocycles. The maximum Gasteiger partial charge on any atom is 0.338 e. The summed E-state index contributed by atoms with van der Waals surface area (Å²) in [6.45, 7) is 4.19. The summed E-state index contributed by atoms with van der Waals surface area (Å²) >= 11 is 0. The average molecular weight is 471 g/mol. The summed E-state index contributed by atoms with van der Waals surface area (Å²) in [6.07, 6.45) is 3.07. The SMILES string of the molecule is CCCOC(=O)c1cccc(N2C(=O)C(=O)/C(=C(/O)c3ccc(CC)cc3)C2c2ccccn2)c1. The molecule has 7 nitrogen and oxygen atoms in total. The Labute approximate surface area is 203 Å². The number of esters is 1. The lowest BCUT2D eigenvalue weighted by atomic mass is 9.97. The van der Waals surface area contributed by atoms with Gasteiger partial charge in [0.25, 0.3) is 11.7 Å². The Morgan fingerprint density at radius 3 is 2.43 bits per heavy atom. The summed E-state index contributed by atoms with van der Waals surface area (Å²) in [5.41, 5.74) is 2.45. The third-order valence-electron chi connectivity index (χ3n) is 5.85. The average Bonchev–Trinajstić information content (AvgIpc) is 3.17. The molecule has 0 saturated carbocycles. The van der Waals surface area contributed by atoms with Gasteiger partial charge < -0.3 is 9.84 Å². The Morgan fingerprint density at radius 1 is 1.00 bits per heavy atom. The topological polar surface area (TPSA) is 96.8 Å². The van der Waals surface area contributed by atoms with E-state index in [1.54, 1.807) is 54.7 Å². The van der Waals surface area contributed by atoms with Crippen LogP contribution in [0.15, 0.2) is 78.5 Å². The predicted molar refractivity (Wildman–Crippen MR) is 132 cm³/mol. The highest BCUT2D eigenvalue weighted by Crippen LogP contribution is 2.41. The van der Waals surface area contributed by atoms with E-state index in [9.17, 15) is 19.5 Å². The Kier molecular flexibility index (Phi) is 7.06. The molecule has 0 bridgehead atoms. The van der Waals surface area contributed by atoms with Crippen LogP contribution in [0.1, 0.15) is 53.5 Å². The number of pyridine rings is 1. The number of aryl methyl sites for hydroxylation is 1. The highest BCUT2D eigenvalue weighted by Gasteiger charge is 2.47. The third kappa shape index (κ3) is 4.71. The molecule has 178 valence electrons. The van der Waals surface area contributed by atoms with E-state index in [1.165, 1.54) is 11.0 Å². The summed E-state index contributed by atoms with van der Waals surface area (Å²) in [6, 6.07) is 17.7. The van der Waals surface area contributed by atoms with Crippen molar-refractivity contribution in [1.82, 2.24) is 4.98 Å². The van der Waals surface area contributed by atoms with E-state index in [1.807, 2.05) is 26.0 Å². The second-order valence-corrected chi connectivity index (χ2v) is 8.16. The Balaban J connectivity index is 1.84. The zero-order chi connectivity index (χ0) is 24.9. The fraction of sp³-hybridized carbons (Fsp3) is 0.214. The maximum absolute atomic E-state index is 13.3. The van der Waals surface area contributed by atoms with Crippen LogP contribution >= 0.6 is 0 Å². The van der Waals surface area contributed by atoms with Crippen LogP contribution in [0.25, 0.3) is 5.76 Å². The zero-order valence-electron chi connectivity index (χ0n) is 19.6. The van der Waals surface area contributed by atoms with E-state index in [4.69, 9.17) is 4.74 Å². The van der Waals surface area contributed by atoms with Crippen LogP contribution in [-0.4, -0.2) is 34.4 Å². The number of amides is 1. The van der Waals surface area contributed by atoms with Crippen molar-refractivity contribution in [2.75, 3.05) is 11.5 Å². The van der Waals surface area contributed by atoms with E-state index < -0.39 is 23.7 Å². The molecule has 35 heavy (non-hydrogen) atoms. The first kappa shape index (κ1) is 23.9. The molecule has 1 unspecified atom stereocenters. The van der Waals surface area contributed by atoms with Crippen molar-refractivity contribution in [2.45, 2.75) is 32.7 Å². The Morgan fingerprint density at radius 2 is 1.77 bits per heavy atom. The van der Waals surface area contributed by atoms with Gasteiger partial charge in [0.15, 0.2) is 0 Å². The smallest absolute Gasteiger partial charge is 0.338 e. The Bertz CT molecular complexity index is 1280. The molecule has 1 aliphatic heterocycles. The number of ketones is 1. The summed E-state index contributed by atoms with van der Waals surface area (Å²) in [5.74, 6) is -2.43. The molecule has 1 amide bonds. The molecule has 2 aromatic carbocycles. The highest BCUT2D eigenvalue weighted by molar-refractivity contribution is 6.51. The Hall–Kier alpha value is -4.26. The van der Waals surface area contributed by atoms with E-state index in [0.29, 0.717) is 23.4 Å². The molecule has 0 spiro atoms. The van der Waals surface area contributed by atoms with Crippen molar-refractivity contribution in [3.8, 4) is 0 Å². The molecule has 1 aliphatic rings. The molecule has 4 rings (SSSR count). The van der Waals surface area contributed by atoms with Crippen molar-refractivity contribution in [1.29, 1.82) is 0 Å². The van der Waals surface area contributed by atoms with Crippen LogP contribution in [0.2, 0.25) is 0 Å². The largest absolute Gasteiger partial charge is 0.507 e. The summed E-state index contributed by atoms with van der Waals surface area (Å²) in [7, 11) is 0. The first-order valence-electron chi connectivity index (χ1n) is 11.5. The van der Waals surface area contributed by atoms with Crippen molar-refractivity contribution in [3.05, 3.63) is 101 Å². The number of Topliss-reactive ketones (excluding diaryl/α,β-unsaturated/α-hetero) is 1. The number of benzene rings is 2. The van der Waals surface area contributed by atoms with Crippen molar-refractivity contribution in [3.63, 3.8) is 0 Å². The molecular formula is C28H26N2O5. The number of nitrogens with zero attached hydrogens (tertiary/aromatic N) is 2. The quantitative estimate of drug-likeness (QED) is 0.230. The molecule has 0 aliphatic carbocycles. The van der Waals surface area contributed by atoms with Crippen LogP contribution in [0.5, 0.6) is 0 Å². The van der Waals surface area contributed by atoms with E-state index in [-0.39, 0.29) is 23.5 Å².